The summed E-state index contributed by atoms with van der Waals surface area (Å²) in [6, 6.07) is 3.52. The highest BCUT2D eigenvalue weighted by Crippen LogP contribution is 2.26. The van der Waals surface area contributed by atoms with E-state index in [-0.39, 0.29) is 24.4 Å². The number of benzene rings is 1. The van der Waals surface area contributed by atoms with Gasteiger partial charge in [0.25, 0.3) is 0 Å². The van der Waals surface area contributed by atoms with E-state index in [0.29, 0.717) is 6.42 Å². The second kappa shape index (κ2) is 6.45. The Labute approximate surface area is 99.6 Å². The standard InChI is InChI=1S/C13H16F2O2/c1-3-6-11(16)13(17-4-2)12-9(14)7-5-8-10(12)15/h5,7-8,13H,3-4,6H2,1-2H3. The molecule has 1 unspecified atom stereocenters. The third-order valence-corrected chi connectivity index (χ3v) is 2.38. The van der Waals surface area contributed by atoms with Crippen molar-refractivity contribution in [1.29, 1.82) is 0 Å². The monoisotopic (exact) mass is 242 g/mol. The van der Waals surface area contributed by atoms with Gasteiger partial charge in [-0.1, -0.05) is 13.0 Å². The van der Waals surface area contributed by atoms with Crippen LogP contribution in [0.3, 0.4) is 0 Å². The summed E-state index contributed by atoms with van der Waals surface area (Å²) in [7, 11) is 0. The summed E-state index contributed by atoms with van der Waals surface area (Å²) in [5.41, 5.74) is -0.284. The minimum absolute atomic E-state index is 0.230. The lowest BCUT2D eigenvalue weighted by Crippen LogP contribution is -2.18. The van der Waals surface area contributed by atoms with Gasteiger partial charge in [-0.15, -0.1) is 0 Å². The number of ether oxygens (including phenoxy) is 1. The topological polar surface area (TPSA) is 26.3 Å². The van der Waals surface area contributed by atoms with E-state index >= 15 is 0 Å². The van der Waals surface area contributed by atoms with Crippen molar-refractivity contribution in [1.82, 2.24) is 0 Å². The first-order valence-corrected chi connectivity index (χ1v) is 5.70. The number of halogens is 2. The van der Waals surface area contributed by atoms with Gasteiger partial charge in [0.15, 0.2) is 5.78 Å². The van der Waals surface area contributed by atoms with Crippen LogP contribution in [0.2, 0.25) is 0 Å². The lowest BCUT2D eigenvalue weighted by atomic mass is 10.0. The van der Waals surface area contributed by atoms with E-state index in [0.717, 1.165) is 12.1 Å². The lowest BCUT2D eigenvalue weighted by molar-refractivity contribution is -0.131. The van der Waals surface area contributed by atoms with Crippen LogP contribution >= 0.6 is 0 Å². The molecule has 0 aliphatic carbocycles. The molecule has 0 heterocycles. The van der Waals surface area contributed by atoms with E-state index in [1.54, 1.807) is 6.92 Å². The SMILES string of the molecule is CCCC(=O)C(OCC)c1c(F)cccc1F. The molecule has 17 heavy (non-hydrogen) atoms. The predicted octanol–water partition coefficient (Wildman–Crippen LogP) is 3.41. The average Bonchev–Trinajstić information content (AvgIpc) is 2.28. The van der Waals surface area contributed by atoms with Crippen LogP contribution in [0.4, 0.5) is 8.78 Å². The molecule has 0 amide bonds. The molecule has 0 radical (unpaired) electrons. The van der Waals surface area contributed by atoms with Crippen molar-refractivity contribution in [3.63, 3.8) is 0 Å². The Morgan fingerprint density at radius 1 is 1.29 bits per heavy atom. The van der Waals surface area contributed by atoms with Gasteiger partial charge in [0.05, 0.1) is 5.56 Å². The Morgan fingerprint density at radius 3 is 2.35 bits per heavy atom. The Balaban J connectivity index is 3.09. The maximum atomic E-state index is 13.6. The van der Waals surface area contributed by atoms with Crippen LogP contribution in [0.5, 0.6) is 0 Å². The normalized spacial score (nSPS) is 12.5. The molecule has 0 spiro atoms. The van der Waals surface area contributed by atoms with Crippen molar-refractivity contribution in [3.05, 3.63) is 35.4 Å². The van der Waals surface area contributed by atoms with Gasteiger partial charge in [0.1, 0.15) is 17.7 Å². The van der Waals surface area contributed by atoms with E-state index in [1.807, 2.05) is 6.92 Å². The molecular formula is C13H16F2O2. The quantitative estimate of drug-likeness (QED) is 0.764. The summed E-state index contributed by atoms with van der Waals surface area (Å²) in [5.74, 6) is -1.78. The summed E-state index contributed by atoms with van der Waals surface area (Å²) < 4.78 is 32.3. The first-order valence-electron chi connectivity index (χ1n) is 5.70. The highest BCUT2D eigenvalue weighted by molar-refractivity contribution is 5.84. The van der Waals surface area contributed by atoms with E-state index in [2.05, 4.69) is 0 Å². The summed E-state index contributed by atoms with van der Waals surface area (Å²) in [4.78, 5) is 11.8. The van der Waals surface area contributed by atoms with Crippen LogP contribution in [-0.4, -0.2) is 12.4 Å². The molecule has 0 fully saturated rings. The molecule has 1 aromatic carbocycles. The molecule has 0 aliphatic rings. The number of Topliss-reactive ketones (excluding diaryl/α,β-unsaturated/α-hetero) is 1. The van der Waals surface area contributed by atoms with E-state index in [1.165, 1.54) is 6.07 Å². The van der Waals surface area contributed by atoms with Crippen LogP contribution in [-0.2, 0) is 9.53 Å². The number of ketones is 1. The highest BCUT2D eigenvalue weighted by Gasteiger charge is 2.26. The first-order chi connectivity index (χ1) is 8.11. The Hall–Kier alpha value is -1.29. The molecule has 94 valence electrons. The van der Waals surface area contributed by atoms with Crippen molar-refractivity contribution >= 4 is 5.78 Å². The van der Waals surface area contributed by atoms with Gasteiger partial charge in [-0.05, 0) is 25.5 Å². The first kappa shape index (κ1) is 13.8. The van der Waals surface area contributed by atoms with Crippen LogP contribution < -0.4 is 0 Å². The van der Waals surface area contributed by atoms with Gasteiger partial charge < -0.3 is 4.74 Å². The Bertz CT molecular complexity index is 371. The Morgan fingerprint density at radius 2 is 1.88 bits per heavy atom. The third-order valence-electron chi connectivity index (χ3n) is 2.38. The zero-order valence-corrected chi connectivity index (χ0v) is 10.0. The molecule has 0 N–H and O–H groups in total. The van der Waals surface area contributed by atoms with Crippen molar-refractivity contribution in [2.75, 3.05) is 6.61 Å². The molecule has 0 aromatic heterocycles. The van der Waals surface area contributed by atoms with E-state index < -0.39 is 17.7 Å². The fraction of sp³-hybridized carbons (Fsp3) is 0.462. The summed E-state index contributed by atoms with van der Waals surface area (Å²) in [6.45, 7) is 3.75. The van der Waals surface area contributed by atoms with Gasteiger partial charge in [-0.2, -0.15) is 0 Å². The fourth-order valence-electron chi connectivity index (χ4n) is 1.64. The van der Waals surface area contributed by atoms with Gasteiger partial charge in [0.2, 0.25) is 0 Å². The number of carbonyl (C=O) groups is 1. The van der Waals surface area contributed by atoms with Gasteiger partial charge >= 0.3 is 0 Å². The summed E-state index contributed by atoms with van der Waals surface area (Å²) in [5, 5.41) is 0. The molecule has 1 atom stereocenters. The summed E-state index contributed by atoms with van der Waals surface area (Å²) >= 11 is 0. The van der Waals surface area contributed by atoms with Crippen molar-refractivity contribution in [3.8, 4) is 0 Å². The third kappa shape index (κ3) is 3.33. The molecule has 1 rings (SSSR count). The second-order valence-electron chi connectivity index (χ2n) is 3.69. The highest BCUT2D eigenvalue weighted by atomic mass is 19.1. The second-order valence-corrected chi connectivity index (χ2v) is 3.69. The molecule has 2 nitrogen and oxygen atoms in total. The smallest absolute Gasteiger partial charge is 0.166 e. The molecular weight excluding hydrogens is 226 g/mol. The maximum absolute atomic E-state index is 13.6. The van der Waals surface area contributed by atoms with Crippen LogP contribution in [0.15, 0.2) is 18.2 Å². The van der Waals surface area contributed by atoms with Crippen LogP contribution in [0.25, 0.3) is 0 Å². The van der Waals surface area contributed by atoms with Gasteiger partial charge in [-0.25, -0.2) is 8.78 Å². The van der Waals surface area contributed by atoms with Crippen molar-refractivity contribution in [2.45, 2.75) is 32.8 Å². The largest absolute Gasteiger partial charge is 0.366 e. The molecule has 0 aliphatic heterocycles. The van der Waals surface area contributed by atoms with E-state index in [9.17, 15) is 13.6 Å². The van der Waals surface area contributed by atoms with Crippen molar-refractivity contribution in [2.24, 2.45) is 0 Å². The number of rotatable bonds is 6. The van der Waals surface area contributed by atoms with Crippen LogP contribution in [0, 0.1) is 11.6 Å². The van der Waals surface area contributed by atoms with Gasteiger partial charge in [0, 0.05) is 13.0 Å². The van der Waals surface area contributed by atoms with Gasteiger partial charge in [-0.3, -0.25) is 4.79 Å². The fourth-order valence-corrected chi connectivity index (χ4v) is 1.64. The maximum Gasteiger partial charge on any atom is 0.166 e. The predicted molar refractivity (Wildman–Crippen MR) is 60.6 cm³/mol. The number of hydrogen-bond donors (Lipinski definition) is 0. The molecule has 4 heteroatoms. The zero-order valence-electron chi connectivity index (χ0n) is 10.0. The lowest BCUT2D eigenvalue weighted by Gasteiger charge is -2.17. The Kier molecular flexibility index (Phi) is 5.22. The number of carbonyl (C=O) groups excluding carboxylic acids is 1. The van der Waals surface area contributed by atoms with Crippen molar-refractivity contribution < 1.29 is 18.3 Å². The minimum Gasteiger partial charge on any atom is -0.366 e. The minimum atomic E-state index is -1.14. The molecule has 1 aromatic rings. The molecule has 0 bridgehead atoms. The van der Waals surface area contributed by atoms with Crippen LogP contribution in [0.1, 0.15) is 38.4 Å². The summed E-state index contributed by atoms with van der Waals surface area (Å²) in [6.07, 6.45) is -0.266. The zero-order chi connectivity index (χ0) is 12.8. The molecule has 0 saturated heterocycles. The average molecular weight is 242 g/mol. The number of hydrogen-bond acceptors (Lipinski definition) is 2. The molecule has 0 saturated carbocycles. The van der Waals surface area contributed by atoms with E-state index in [4.69, 9.17) is 4.74 Å².